The second kappa shape index (κ2) is 20.6. The zero-order valence-corrected chi connectivity index (χ0v) is 54.2. The van der Waals surface area contributed by atoms with Crippen LogP contribution in [0.15, 0.2) is 243 Å². The summed E-state index contributed by atoms with van der Waals surface area (Å²) in [5.41, 5.74) is 29.8. The third-order valence-electron chi connectivity index (χ3n) is 20.3. The first-order valence-corrected chi connectivity index (χ1v) is 33.6. The van der Waals surface area contributed by atoms with Gasteiger partial charge >= 0.3 is 0 Å². The molecule has 12 aromatic carbocycles. The average molecular weight is 1210 g/mol. The molecule has 91 heavy (non-hydrogen) atoms. The topological polar surface area (TPSA) is 6.48 Å². The molecule has 14 aromatic rings. The van der Waals surface area contributed by atoms with Crippen molar-refractivity contribution >= 4 is 121 Å². The molecule has 0 saturated heterocycles. The largest absolute Gasteiger partial charge is 0.310 e. The maximum atomic E-state index is 2.45. The number of hydrogen-bond acceptors (Lipinski definition) is 4. The van der Waals surface area contributed by atoms with Gasteiger partial charge in [-0.2, -0.15) is 0 Å². The molecule has 0 N–H and O–H groups in total. The SMILES string of the molecule is Cc1cccc(N(c2ccc3c(c2)C(C)(C)c2cc(C=Cc4ccc5c(c4)C(C)(C)c4cc(C=Cc6ccc7c(c6)C(C)(C)c6cc(N(c8cccc(C)c8)c8ccc9sc%10ccccc%10c9c8)ccc6-7)ccc4-5)ccc2-3)c2ccc3sc4ccccc4c3c2)c1. The summed E-state index contributed by atoms with van der Waals surface area (Å²) in [4.78, 5) is 4.88. The van der Waals surface area contributed by atoms with Crippen molar-refractivity contribution in [2.24, 2.45) is 0 Å². The Labute approximate surface area is 542 Å². The van der Waals surface area contributed by atoms with Gasteiger partial charge in [-0.1, -0.05) is 211 Å². The molecule has 0 bridgehead atoms. The fourth-order valence-electron chi connectivity index (χ4n) is 15.5. The van der Waals surface area contributed by atoms with E-state index < -0.39 is 0 Å². The Morgan fingerprint density at radius 2 is 0.538 bits per heavy atom. The van der Waals surface area contributed by atoms with Crippen molar-refractivity contribution in [2.75, 3.05) is 9.80 Å². The van der Waals surface area contributed by atoms with Crippen molar-refractivity contribution < 1.29 is 0 Å². The van der Waals surface area contributed by atoms with Crippen LogP contribution in [0.25, 0.3) is 98.0 Å². The van der Waals surface area contributed by atoms with Crippen LogP contribution in [0.2, 0.25) is 0 Å². The number of nitrogens with zero attached hydrogens (tertiary/aromatic N) is 2. The molecule has 438 valence electrons. The molecule has 3 aliphatic rings. The molecule has 0 atom stereocenters. The van der Waals surface area contributed by atoms with Crippen LogP contribution in [-0.2, 0) is 16.2 Å². The van der Waals surface area contributed by atoms with Gasteiger partial charge in [-0.3, -0.25) is 0 Å². The monoisotopic (exact) mass is 1200 g/mol. The summed E-state index contributed by atoms with van der Waals surface area (Å²) in [5.74, 6) is 0. The Morgan fingerprint density at radius 1 is 0.253 bits per heavy atom. The van der Waals surface area contributed by atoms with Crippen LogP contribution >= 0.6 is 22.7 Å². The second-order valence-electron chi connectivity index (χ2n) is 27.1. The Morgan fingerprint density at radius 3 is 0.890 bits per heavy atom. The van der Waals surface area contributed by atoms with Gasteiger partial charge in [-0.25, -0.2) is 0 Å². The normalized spacial score (nSPS) is 14.5. The quantitative estimate of drug-likeness (QED) is 0.126. The predicted octanol–water partition coefficient (Wildman–Crippen LogP) is 25.2. The van der Waals surface area contributed by atoms with E-state index in [9.17, 15) is 0 Å². The van der Waals surface area contributed by atoms with E-state index in [0.29, 0.717) is 0 Å². The van der Waals surface area contributed by atoms with E-state index in [0.717, 1.165) is 22.7 Å². The van der Waals surface area contributed by atoms with Crippen LogP contribution in [-0.4, -0.2) is 0 Å². The van der Waals surface area contributed by atoms with E-state index in [1.54, 1.807) is 0 Å². The maximum Gasteiger partial charge on any atom is 0.0468 e. The van der Waals surface area contributed by atoms with E-state index in [2.05, 4.69) is 332 Å². The summed E-state index contributed by atoms with van der Waals surface area (Å²) in [6.07, 6.45) is 9.22. The molecule has 2 heterocycles. The Kier molecular flexibility index (Phi) is 12.5. The number of anilines is 6. The third kappa shape index (κ3) is 8.93. The highest BCUT2D eigenvalue weighted by molar-refractivity contribution is 7.26. The first-order chi connectivity index (χ1) is 44.1. The van der Waals surface area contributed by atoms with Crippen LogP contribution in [0.5, 0.6) is 0 Å². The molecule has 4 heteroatoms. The number of benzene rings is 12. The van der Waals surface area contributed by atoms with Crippen molar-refractivity contribution in [1.29, 1.82) is 0 Å². The number of hydrogen-bond donors (Lipinski definition) is 0. The summed E-state index contributed by atoms with van der Waals surface area (Å²) in [6, 6.07) is 91.8. The van der Waals surface area contributed by atoms with Gasteiger partial charge in [0.2, 0.25) is 0 Å². The number of thiophene rings is 2. The predicted molar refractivity (Wildman–Crippen MR) is 394 cm³/mol. The highest BCUT2D eigenvalue weighted by Crippen LogP contribution is 2.55. The van der Waals surface area contributed by atoms with Gasteiger partial charge in [0.25, 0.3) is 0 Å². The first kappa shape index (κ1) is 55.2. The van der Waals surface area contributed by atoms with Crippen molar-refractivity contribution in [3.05, 3.63) is 309 Å². The number of fused-ring (bicyclic) bond motifs is 15. The fourth-order valence-corrected chi connectivity index (χ4v) is 17.6. The molecule has 0 fully saturated rings. The van der Waals surface area contributed by atoms with Crippen molar-refractivity contribution in [3.8, 4) is 33.4 Å². The molecule has 0 spiro atoms. The Hall–Kier alpha value is -9.84. The van der Waals surface area contributed by atoms with Gasteiger partial charge in [0, 0.05) is 90.7 Å². The molecule has 3 aliphatic carbocycles. The van der Waals surface area contributed by atoms with Crippen LogP contribution in [0, 0.1) is 13.8 Å². The Balaban J connectivity index is 0.616. The number of aryl methyl sites for hydroxylation is 2. The standard InChI is InChI=1S/C87H68N2S2/c1-53-15-13-17-59(43-53)88(61-33-41-83-73(49-61)71-19-9-11-21-81(71)90-83)63-31-39-69-67-37-29-57(47-77(67)86(5,6)79(69)51-63)25-23-55-27-35-65-66-36-28-56(46-76(66)85(3,4)75(65)45-55)24-26-58-30-38-68-70-40-32-64(52-80(70)87(7,8)78(68)48-58)89(60-18-14-16-54(2)44-60)62-34-42-84-74(50-62)72-20-10-12-22-82(72)91-84/h9-52H,1-8H3. The second-order valence-corrected chi connectivity index (χ2v) is 29.3. The van der Waals surface area contributed by atoms with Crippen molar-refractivity contribution in [3.63, 3.8) is 0 Å². The van der Waals surface area contributed by atoms with Gasteiger partial charge in [-0.15, -0.1) is 22.7 Å². The summed E-state index contributed by atoms with van der Waals surface area (Å²) in [5, 5.41) is 5.23. The van der Waals surface area contributed by atoms with Crippen LogP contribution in [0.3, 0.4) is 0 Å². The minimum Gasteiger partial charge on any atom is -0.310 e. The van der Waals surface area contributed by atoms with E-state index >= 15 is 0 Å². The van der Waals surface area contributed by atoms with Crippen molar-refractivity contribution in [2.45, 2.75) is 71.6 Å². The average Bonchev–Trinajstić information content (AvgIpc) is 1.63. The van der Waals surface area contributed by atoms with Crippen LogP contribution in [0.4, 0.5) is 34.1 Å². The summed E-state index contributed by atoms with van der Waals surface area (Å²) in [6.45, 7) is 18.7. The molecule has 0 saturated carbocycles. The molecule has 2 aromatic heterocycles. The lowest BCUT2D eigenvalue weighted by molar-refractivity contribution is 0.660. The minimum atomic E-state index is -0.201. The number of rotatable bonds is 10. The molecular formula is C87H68N2S2. The van der Waals surface area contributed by atoms with E-state index in [-0.39, 0.29) is 16.2 Å². The molecule has 0 unspecified atom stereocenters. The molecule has 2 nitrogen and oxygen atoms in total. The van der Waals surface area contributed by atoms with Gasteiger partial charge in [0.15, 0.2) is 0 Å². The van der Waals surface area contributed by atoms with Crippen LogP contribution in [0.1, 0.15) is 108 Å². The molecular weight excluding hydrogens is 1140 g/mol. The molecule has 0 amide bonds. The highest BCUT2D eigenvalue weighted by atomic mass is 32.1. The highest BCUT2D eigenvalue weighted by Gasteiger charge is 2.39. The van der Waals surface area contributed by atoms with Crippen molar-refractivity contribution in [1.82, 2.24) is 0 Å². The van der Waals surface area contributed by atoms with E-state index in [1.807, 2.05) is 22.7 Å². The maximum absolute atomic E-state index is 2.45. The van der Waals surface area contributed by atoms with Gasteiger partial charge < -0.3 is 9.80 Å². The third-order valence-corrected chi connectivity index (χ3v) is 22.6. The van der Waals surface area contributed by atoms with Crippen LogP contribution < -0.4 is 9.80 Å². The Bertz CT molecular complexity index is 5110. The molecule has 0 aliphatic heterocycles. The first-order valence-electron chi connectivity index (χ1n) is 31.9. The zero-order chi connectivity index (χ0) is 61.7. The lowest BCUT2D eigenvalue weighted by Gasteiger charge is -2.28. The van der Waals surface area contributed by atoms with Gasteiger partial charge in [0.1, 0.15) is 0 Å². The lowest BCUT2D eigenvalue weighted by atomic mass is 9.81. The summed E-state index contributed by atoms with van der Waals surface area (Å²) < 4.78 is 5.27. The minimum absolute atomic E-state index is 0.164. The smallest absolute Gasteiger partial charge is 0.0468 e. The summed E-state index contributed by atoms with van der Waals surface area (Å²) in [7, 11) is 0. The van der Waals surface area contributed by atoms with Gasteiger partial charge in [-0.05, 0) is 211 Å². The summed E-state index contributed by atoms with van der Waals surface area (Å²) >= 11 is 3.73. The molecule has 17 rings (SSSR count). The fraction of sp³-hybridized carbons (Fsp3) is 0.126. The lowest BCUT2D eigenvalue weighted by Crippen LogP contribution is -2.16. The van der Waals surface area contributed by atoms with E-state index in [4.69, 9.17) is 0 Å². The molecule has 0 radical (unpaired) electrons. The zero-order valence-electron chi connectivity index (χ0n) is 52.6. The van der Waals surface area contributed by atoms with Gasteiger partial charge in [0.05, 0.1) is 0 Å². The van der Waals surface area contributed by atoms with E-state index in [1.165, 1.54) is 152 Å².